The normalized spacial score (nSPS) is 13.8. The molecule has 2 rings (SSSR count). The van der Waals surface area contributed by atoms with E-state index in [4.69, 9.17) is 11.6 Å². The molecule has 2 nitrogen and oxygen atoms in total. The van der Waals surface area contributed by atoms with Crippen molar-refractivity contribution in [1.29, 1.82) is 0 Å². The zero-order chi connectivity index (χ0) is 15.6. The van der Waals surface area contributed by atoms with Crippen LogP contribution in [0.3, 0.4) is 0 Å². The molecule has 2 aromatic carbocycles. The molecule has 0 aliphatic carbocycles. The monoisotopic (exact) mass is 307 g/mol. The lowest BCUT2D eigenvalue weighted by atomic mass is 10.1. The van der Waals surface area contributed by atoms with Crippen LogP contribution in [0, 0.1) is 5.82 Å². The van der Waals surface area contributed by atoms with Crippen LogP contribution >= 0.6 is 11.6 Å². The van der Waals surface area contributed by atoms with Gasteiger partial charge in [-0.25, -0.2) is 4.39 Å². The molecule has 0 amide bonds. The summed E-state index contributed by atoms with van der Waals surface area (Å²) in [6.07, 6.45) is -0.677. The topological polar surface area (TPSA) is 23.5 Å². The van der Waals surface area contributed by atoms with E-state index < -0.39 is 6.10 Å². The van der Waals surface area contributed by atoms with Gasteiger partial charge >= 0.3 is 0 Å². The summed E-state index contributed by atoms with van der Waals surface area (Å²) in [5.41, 5.74) is 2.08. The Bertz CT molecular complexity index is 630. The Labute approximate surface area is 129 Å². The van der Waals surface area contributed by atoms with Crippen LogP contribution in [-0.4, -0.2) is 12.2 Å². The van der Waals surface area contributed by atoms with Crippen LogP contribution in [0.4, 0.5) is 10.1 Å². The van der Waals surface area contributed by atoms with Crippen molar-refractivity contribution in [1.82, 2.24) is 0 Å². The lowest BCUT2D eigenvalue weighted by molar-refractivity contribution is 0.199. The van der Waals surface area contributed by atoms with E-state index in [2.05, 4.69) is 0 Å². The minimum atomic E-state index is -0.677. The third-order valence-corrected chi connectivity index (χ3v) is 3.98. The van der Waals surface area contributed by atoms with E-state index in [0.717, 1.165) is 5.56 Å². The average Bonchev–Trinajstić information content (AvgIpc) is 2.45. The predicted molar refractivity (Wildman–Crippen MR) is 85.3 cm³/mol. The minimum Gasteiger partial charge on any atom is -0.389 e. The molecule has 2 aromatic rings. The molecule has 0 fully saturated rings. The van der Waals surface area contributed by atoms with E-state index in [1.165, 1.54) is 6.07 Å². The molecule has 112 valence electrons. The van der Waals surface area contributed by atoms with Crippen molar-refractivity contribution in [2.75, 3.05) is 11.9 Å². The molecule has 0 spiro atoms. The first kappa shape index (κ1) is 15.8. The number of hydrogen-bond donors (Lipinski definition) is 1. The van der Waals surface area contributed by atoms with Gasteiger partial charge in [-0.1, -0.05) is 29.8 Å². The van der Waals surface area contributed by atoms with E-state index in [0.29, 0.717) is 16.3 Å². The third-order valence-electron chi connectivity index (χ3n) is 3.75. The van der Waals surface area contributed by atoms with Crippen LogP contribution < -0.4 is 4.90 Å². The summed E-state index contributed by atoms with van der Waals surface area (Å²) >= 11 is 6.01. The van der Waals surface area contributed by atoms with Gasteiger partial charge in [-0.3, -0.25) is 0 Å². The van der Waals surface area contributed by atoms with E-state index >= 15 is 0 Å². The molecular weight excluding hydrogens is 289 g/mol. The highest BCUT2D eigenvalue weighted by atomic mass is 35.5. The lowest BCUT2D eigenvalue weighted by Gasteiger charge is -2.28. The highest BCUT2D eigenvalue weighted by Crippen LogP contribution is 2.30. The van der Waals surface area contributed by atoms with Gasteiger partial charge < -0.3 is 10.0 Å². The van der Waals surface area contributed by atoms with Crippen LogP contribution in [-0.2, 0) is 0 Å². The van der Waals surface area contributed by atoms with Gasteiger partial charge in [0.25, 0.3) is 0 Å². The van der Waals surface area contributed by atoms with Gasteiger partial charge in [0.2, 0.25) is 0 Å². The van der Waals surface area contributed by atoms with Gasteiger partial charge in [-0.05, 0) is 49.2 Å². The number of aliphatic hydroxyl groups is 1. The molecule has 1 N–H and O–H groups in total. The fourth-order valence-corrected chi connectivity index (χ4v) is 2.47. The molecule has 0 heterocycles. The SMILES string of the molecule is CC(O)c1ccc(N(C)C(C)c2cccc(Cl)c2)c(F)c1. The van der Waals surface area contributed by atoms with Gasteiger partial charge in [0, 0.05) is 12.1 Å². The Hall–Kier alpha value is -1.58. The summed E-state index contributed by atoms with van der Waals surface area (Å²) < 4.78 is 14.2. The van der Waals surface area contributed by atoms with Crippen molar-refractivity contribution in [2.24, 2.45) is 0 Å². The van der Waals surface area contributed by atoms with E-state index in [1.807, 2.05) is 43.1 Å². The van der Waals surface area contributed by atoms with Crippen LogP contribution in [0.25, 0.3) is 0 Å². The van der Waals surface area contributed by atoms with Crippen molar-refractivity contribution in [3.05, 3.63) is 64.4 Å². The summed E-state index contributed by atoms with van der Waals surface area (Å²) in [7, 11) is 1.84. The maximum absolute atomic E-state index is 14.2. The largest absolute Gasteiger partial charge is 0.389 e. The first-order chi connectivity index (χ1) is 9.90. The summed E-state index contributed by atoms with van der Waals surface area (Å²) in [6, 6.07) is 12.3. The highest BCUT2D eigenvalue weighted by molar-refractivity contribution is 6.30. The number of hydrogen-bond acceptors (Lipinski definition) is 2. The number of aliphatic hydroxyl groups excluding tert-OH is 1. The lowest BCUT2D eigenvalue weighted by Crippen LogP contribution is -2.22. The molecule has 2 atom stereocenters. The first-order valence-electron chi connectivity index (χ1n) is 6.86. The molecule has 2 unspecified atom stereocenters. The standard InChI is InChI=1S/C17H19ClFNO/c1-11(13-5-4-6-15(18)9-13)20(3)17-8-7-14(12(2)21)10-16(17)19/h4-12,21H,1-3H3. The molecule has 0 saturated heterocycles. The summed E-state index contributed by atoms with van der Waals surface area (Å²) in [4.78, 5) is 1.85. The van der Waals surface area contributed by atoms with Crippen molar-refractivity contribution in [3.63, 3.8) is 0 Å². The minimum absolute atomic E-state index is 0.0180. The predicted octanol–water partition coefficient (Wildman–Crippen LogP) is 4.73. The number of anilines is 1. The molecule has 21 heavy (non-hydrogen) atoms. The molecule has 0 aromatic heterocycles. The Kier molecular flexibility index (Phi) is 4.86. The average molecular weight is 308 g/mol. The summed E-state index contributed by atoms with van der Waals surface area (Å²) in [5.74, 6) is -0.343. The maximum atomic E-state index is 14.2. The second kappa shape index (κ2) is 6.46. The van der Waals surface area contributed by atoms with Gasteiger partial charge in [0.1, 0.15) is 5.82 Å². The number of halogens is 2. The van der Waals surface area contributed by atoms with E-state index in [-0.39, 0.29) is 11.9 Å². The molecular formula is C17H19ClFNO. The number of benzene rings is 2. The zero-order valence-corrected chi connectivity index (χ0v) is 13.1. The zero-order valence-electron chi connectivity index (χ0n) is 12.3. The van der Waals surface area contributed by atoms with E-state index in [9.17, 15) is 9.50 Å². The number of rotatable bonds is 4. The van der Waals surface area contributed by atoms with Crippen molar-refractivity contribution >= 4 is 17.3 Å². The van der Waals surface area contributed by atoms with Crippen LogP contribution in [0.5, 0.6) is 0 Å². The highest BCUT2D eigenvalue weighted by Gasteiger charge is 2.17. The van der Waals surface area contributed by atoms with Gasteiger partial charge in [0.15, 0.2) is 0 Å². The smallest absolute Gasteiger partial charge is 0.146 e. The summed E-state index contributed by atoms with van der Waals surface area (Å²) in [6.45, 7) is 3.61. The van der Waals surface area contributed by atoms with Crippen molar-refractivity contribution in [3.8, 4) is 0 Å². The van der Waals surface area contributed by atoms with Gasteiger partial charge in [0.05, 0.1) is 17.8 Å². The second-order valence-electron chi connectivity index (χ2n) is 5.23. The van der Waals surface area contributed by atoms with E-state index in [1.54, 1.807) is 19.1 Å². The molecule has 0 saturated carbocycles. The third kappa shape index (κ3) is 3.55. The quantitative estimate of drug-likeness (QED) is 0.882. The van der Waals surface area contributed by atoms with Gasteiger partial charge in [-0.2, -0.15) is 0 Å². The van der Waals surface area contributed by atoms with Crippen LogP contribution in [0.1, 0.15) is 37.1 Å². The molecule has 0 bridgehead atoms. The second-order valence-corrected chi connectivity index (χ2v) is 5.67. The number of nitrogens with zero attached hydrogens (tertiary/aromatic N) is 1. The van der Waals surface area contributed by atoms with Crippen LogP contribution in [0.2, 0.25) is 5.02 Å². The molecule has 4 heteroatoms. The Morgan fingerprint density at radius 1 is 1.10 bits per heavy atom. The Morgan fingerprint density at radius 3 is 2.38 bits per heavy atom. The van der Waals surface area contributed by atoms with Crippen molar-refractivity contribution < 1.29 is 9.50 Å². The summed E-state index contributed by atoms with van der Waals surface area (Å²) in [5, 5.41) is 10.2. The Balaban J connectivity index is 2.29. The molecule has 0 aliphatic rings. The first-order valence-corrected chi connectivity index (χ1v) is 7.23. The Morgan fingerprint density at radius 2 is 1.81 bits per heavy atom. The molecule has 0 aliphatic heterocycles. The molecule has 0 radical (unpaired) electrons. The maximum Gasteiger partial charge on any atom is 0.146 e. The fourth-order valence-electron chi connectivity index (χ4n) is 2.27. The van der Waals surface area contributed by atoms with Crippen molar-refractivity contribution in [2.45, 2.75) is 26.0 Å². The van der Waals surface area contributed by atoms with Gasteiger partial charge in [-0.15, -0.1) is 0 Å². The fraction of sp³-hybridized carbons (Fsp3) is 0.294. The van der Waals surface area contributed by atoms with Crippen LogP contribution in [0.15, 0.2) is 42.5 Å².